The Morgan fingerprint density at radius 1 is 1.29 bits per heavy atom. The molecule has 1 fully saturated rings. The van der Waals surface area contributed by atoms with E-state index < -0.39 is 17.3 Å². The van der Waals surface area contributed by atoms with Gasteiger partial charge >= 0.3 is 6.18 Å². The van der Waals surface area contributed by atoms with Gasteiger partial charge < -0.3 is 10.8 Å². The van der Waals surface area contributed by atoms with E-state index in [1.54, 1.807) is 0 Å². The predicted molar refractivity (Wildman–Crippen MR) is 60.5 cm³/mol. The molecular formula is C11H11BrF3NO. The zero-order chi connectivity index (χ0) is 12.8. The quantitative estimate of drug-likeness (QED) is 0.834. The van der Waals surface area contributed by atoms with E-state index in [1.165, 1.54) is 0 Å². The standard InChI is InChI=1S/C11H11BrF3NO/c12-8-5-6(11(13,14)15)4-7(9(8)17)10(16)2-1-3-10/h4-5,17H,1-3,16H2. The molecule has 94 valence electrons. The maximum absolute atomic E-state index is 12.6. The maximum Gasteiger partial charge on any atom is 0.416 e. The fourth-order valence-corrected chi connectivity index (χ4v) is 2.43. The Morgan fingerprint density at radius 2 is 1.88 bits per heavy atom. The summed E-state index contributed by atoms with van der Waals surface area (Å²) in [6.45, 7) is 0. The first-order chi connectivity index (χ1) is 7.74. The van der Waals surface area contributed by atoms with Gasteiger partial charge in [0.05, 0.1) is 10.0 Å². The Balaban J connectivity index is 2.55. The highest BCUT2D eigenvalue weighted by Gasteiger charge is 2.40. The van der Waals surface area contributed by atoms with Crippen molar-refractivity contribution in [1.82, 2.24) is 0 Å². The summed E-state index contributed by atoms with van der Waals surface area (Å²) in [6, 6.07) is 1.81. The van der Waals surface area contributed by atoms with E-state index in [1.807, 2.05) is 0 Å². The molecule has 0 amide bonds. The molecule has 1 aromatic carbocycles. The molecule has 0 radical (unpaired) electrons. The molecule has 1 aliphatic carbocycles. The summed E-state index contributed by atoms with van der Waals surface area (Å²) in [5.41, 5.74) is 4.51. The number of hydrogen-bond acceptors (Lipinski definition) is 2. The van der Waals surface area contributed by atoms with E-state index in [2.05, 4.69) is 15.9 Å². The first-order valence-electron chi connectivity index (χ1n) is 5.13. The fourth-order valence-electron chi connectivity index (χ4n) is 1.97. The predicted octanol–water partition coefficient (Wildman–Crippen LogP) is 3.51. The molecule has 6 heteroatoms. The van der Waals surface area contributed by atoms with Gasteiger partial charge in [-0.1, -0.05) is 0 Å². The van der Waals surface area contributed by atoms with Gasteiger partial charge in [-0.25, -0.2) is 0 Å². The number of halogens is 4. The van der Waals surface area contributed by atoms with Crippen LogP contribution >= 0.6 is 15.9 Å². The third-order valence-corrected chi connectivity index (χ3v) is 3.78. The highest BCUT2D eigenvalue weighted by molar-refractivity contribution is 9.10. The second-order valence-corrected chi connectivity index (χ2v) is 5.22. The molecule has 2 rings (SSSR count). The van der Waals surface area contributed by atoms with Crippen LogP contribution in [-0.2, 0) is 11.7 Å². The van der Waals surface area contributed by atoms with Crippen LogP contribution in [0.4, 0.5) is 13.2 Å². The van der Waals surface area contributed by atoms with Crippen LogP contribution in [0.1, 0.15) is 30.4 Å². The summed E-state index contributed by atoms with van der Waals surface area (Å²) in [5, 5.41) is 9.79. The van der Waals surface area contributed by atoms with Crippen molar-refractivity contribution in [2.24, 2.45) is 5.73 Å². The van der Waals surface area contributed by atoms with Crippen LogP contribution in [0, 0.1) is 0 Å². The van der Waals surface area contributed by atoms with Crippen LogP contribution in [0.25, 0.3) is 0 Å². The molecule has 0 heterocycles. The number of alkyl halides is 3. The molecule has 0 aromatic heterocycles. The van der Waals surface area contributed by atoms with Gasteiger partial charge in [0.25, 0.3) is 0 Å². The lowest BCUT2D eigenvalue weighted by atomic mass is 9.72. The van der Waals surface area contributed by atoms with Crippen LogP contribution in [0.3, 0.4) is 0 Å². The Bertz CT molecular complexity index is 455. The van der Waals surface area contributed by atoms with Crippen LogP contribution in [0.2, 0.25) is 0 Å². The van der Waals surface area contributed by atoms with Gasteiger partial charge in [0, 0.05) is 11.1 Å². The second kappa shape index (κ2) is 3.88. The van der Waals surface area contributed by atoms with Gasteiger partial charge in [0.2, 0.25) is 0 Å². The summed E-state index contributed by atoms with van der Waals surface area (Å²) >= 11 is 2.93. The highest BCUT2D eigenvalue weighted by atomic mass is 79.9. The minimum atomic E-state index is -4.44. The number of phenols is 1. The van der Waals surface area contributed by atoms with Crippen molar-refractivity contribution in [3.63, 3.8) is 0 Å². The van der Waals surface area contributed by atoms with Crippen LogP contribution in [-0.4, -0.2) is 5.11 Å². The Labute approximate surface area is 105 Å². The van der Waals surface area contributed by atoms with Crippen molar-refractivity contribution in [3.8, 4) is 5.75 Å². The summed E-state index contributed by atoms with van der Waals surface area (Å²) in [5.74, 6) is -0.194. The van der Waals surface area contributed by atoms with Crippen LogP contribution in [0.5, 0.6) is 5.75 Å². The third kappa shape index (κ3) is 2.15. The van der Waals surface area contributed by atoms with Gasteiger partial charge in [-0.05, 0) is 47.3 Å². The molecule has 0 spiro atoms. The molecule has 1 saturated carbocycles. The lowest BCUT2D eigenvalue weighted by Crippen LogP contribution is -2.43. The van der Waals surface area contributed by atoms with E-state index in [0.717, 1.165) is 18.6 Å². The van der Waals surface area contributed by atoms with Gasteiger partial charge in [-0.15, -0.1) is 0 Å². The van der Waals surface area contributed by atoms with E-state index in [4.69, 9.17) is 5.73 Å². The largest absolute Gasteiger partial charge is 0.506 e. The number of rotatable bonds is 1. The van der Waals surface area contributed by atoms with Crippen molar-refractivity contribution in [2.75, 3.05) is 0 Å². The average molecular weight is 310 g/mol. The smallest absolute Gasteiger partial charge is 0.416 e. The zero-order valence-electron chi connectivity index (χ0n) is 8.81. The molecule has 17 heavy (non-hydrogen) atoms. The number of nitrogens with two attached hydrogens (primary N) is 1. The monoisotopic (exact) mass is 309 g/mol. The molecule has 1 aliphatic rings. The van der Waals surface area contributed by atoms with Crippen molar-refractivity contribution in [3.05, 3.63) is 27.7 Å². The van der Waals surface area contributed by atoms with Gasteiger partial charge in [-0.3, -0.25) is 0 Å². The number of benzene rings is 1. The van der Waals surface area contributed by atoms with E-state index in [0.29, 0.717) is 12.8 Å². The molecule has 0 atom stereocenters. The Morgan fingerprint density at radius 3 is 2.29 bits per heavy atom. The minimum Gasteiger partial charge on any atom is -0.506 e. The van der Waals surface area contributed by atoms with E-state index >= 15 is 0 Å². The molecular weight excluding hydrogens is 299 g/mol. The minimum absolute atomic E-state index is 0.0269. The summed E-state index contributed by atoms with van der Waals surface area (Å²) < 4.78 is 38.0. The summed E-state index contributed by atoms with van der Waals surface area (Å²) in [4.78, 5) is 0. The van der Waals surface area contributed by atoms with Crippen molar-refractivity contribution < 1.29 is 18.3 Å². The topological polar surface area (TPSA) is 46.2 Å². The third-order valence-electron chi connectivity index (χ3n) is 3.17. The van der Waals surface area contributed by atoms with Gasteiger partial charge in [-0.2, -0.15) is 13.2 Å². The van der Waals surface area contributed by atoms with Gasteiger partial charge in [0.15, 0.2) is 0 Å². The fraction of sp³-hybridized carbons (Fsp3) is 0.455. The molecule has 0 bridgehead atoms. The maximum atomic E-state index is 12.6. The van der Waals surface area contributed by atoms with Crippen molar-refractivity contribution in [1.29, 1.82) is 0 Å². The zero-order valence-corrected chi connectivity index (χ0v) is 10.4. The highest BCUT2D eigenvalue weighted by Crippen LogP contribution is 2.47. The first-order valence-corrected chi connectivity index (χ1v) is 5.92. The summed E-state index contributed by atoms with van der Waals surface area (Å²) in [7, 11) is 0. The molecule has 1 aromatic rings. The molecule has 0 aliphatic heterocycles. The number of aromatic hydroxyl groups is 1. The summed E-state index contributed by atoms with van der Waals surface area (Å²) in [6.07, 6.45) is -2.39. The van der Waals surface area contributed by atoms with Crippen LogP contribution in [0.15, 0.2) is 16.6 Å². The first kappa shape index (κ1) is 12.7. The lowest BCUT2D eigenvalue weighted by molar-refractivity contribution is -0.137. The molecule has 2 nitrogen and oxygen atoms in total. The lowest BCUT2D eigenvalue weighted by Gasteiger charge is -2.39. The molecule has 0 unspecified atom stereocenters. The number of phenolic OH excluding ortho intramolecular Hbond substituents is 1. The van der Waals surface area contributed by atoms with Crippen molar-refractivity contribution >= 4 is 15.9 Å². The van der Waals surface area contributed by atoms with Crippen LogP contribution < -0.4 is 5.73 Å². The second-order valence-electron chi connectivity index (χ2n) is 4.36. The van der Waals surface area contributed by atoms with Crippen molar-refractivity contribution in [2.45, 2.75) is 31.0 Å². The SMILES string of the molecule is NC1(c2cc(C(F)(F)F)cc(Br)c2O)CCC1. The van der Waals surface area contributed by atoms with E-state index in [9.17, 15) is 18.3 Å². The average Bonchev–Trinajstić information content (AvgIpc) is 2.17. The normalized spacial score (nSPS) is 18.9. The van der Waals surface area contributed by atoms with E-state index in [-0.39, 0.29) is 15.8 Å². The number of hydrogen-bond donors (Lipinski definition) is 2. The Hall–Kier alpha value is -0.750. The molecule has 3 N–H and O–H groups in total. The molecule has 0 saturated heterocycles. The Kier molecular flexibility index (Phi) is 2.90. The van der Waals surface area contributed by atoms with Gasteiger partial charge in [0.1, 0.15) is 5.75 Å².